The summed E-state index contributed by atoms with van der Waals surface area (Å²) in [5.41, 5.74) is 0. The monoisotopic (exact) mass is 130 g/mol. The predicted octanol–water partition coefficient (Wildman–Crippen LogP) is 2.31. The molecule has 0 amide bonds. The molecular weight excluding hydrogens is 120 g/mol. The van der Waals surface area contributed by atoms with E-state index in [9.17, 15) is 0 Å². The van der Waals surface area contributed by atoms with Crippen molar-refractivity contribution in [3.8, 4) is 0 Å². The summed E-state index contributed by atoms with van der Waals surface area (Å²) >= 11 is -0.157. The predicted molar refractivity (Wildman–Crippen MR) is 35.9 cm³/mol. The van der Waals surface area contributed by atoms with Crippen LogP contribution in [0.1, 0.15) is 20.3 Å². The van der Waals surface area contributed by atoms with Gasteiger partial charge in [0.05, 0.1) is 0 Å². The Morgan fingerprint density at radius 3 is 2.29 bits per heavy atom. The molecule has 0 aliphatic rings. The maximum absolute atomic E-state index is 5.58. The molecule has 7 heavy (non-hydrogen) atoms. The first-order chi connectivity index (χ1) is 3.27. The van der Waals surface area contributed by atoms with E-state index in [4.69, 9.17) is 9.07 Å². The number of halogens is 1. The van der Waals surface area contributed by atoms with Gasteiger partial charge in [0.1, 0.15) is 0 Å². The van der Waals surface area contributed by atoms with Gasteiger partial charge < -0.3 is 9.07 Å². The first-order valence-electron chi connectivity index (χ1n) is 2.83. The molecule has 0 fully saturated rings. The van der Waals surface area contributed by atoms with Gasteiger partial charge in [-0.05, 0) is 5.92 Å². The van der Waals surface area contributed by atoms with Crippen LogP contribution in [0.15, 0.2) is 0 Å². The summed E-state index contributed by atoms with van der Waals surface area (Å²) < 4.78 is 1.30. The molecule has 0 aliphatic carbocycles. The fourth-order valence-electron chi connectivity index (χ4n) is 0.485. The van der Waals surface area contributed by atoms with Crippen molar-refractivity contribution in [2.24, 2.45) is 5.92 Å². The van der Waals surface area contributed by atoms with Crippen LogP contribution in [0.3, 0.4) is 0 Å². The standard InChI is InChI=1S/C5H11.ClH.Mg/c1-4-5(2)3;;/h5H,1,4H2,2-3H3;1H;/q;;+1/p-1. The minimum atomic E-state index is -0.157. The molecule has 0 saturated carbocycles. The Morgan fingerprint density at radius 2 is 2.14 bits per heavy atom. The van der Waals surface area contributed by atoms with E-state index in [1.807, 2.05) is 0 Å². The SMILES string of the molecule is CC(C)C[CH2][Mg][Cl]. The van der Waals surface area contributed by atoms with Crippen molar-refractivity contribution in [2.75, 3.05) is 0 Å². The lowest BCUT2D eigenvalue weighted by molar-refractivity contribution is 0.625. The molecule has 0 aromatic heterocycles. The van der Waals surface area contributed by atoms with E-state index in [1.54, 1.807) is 0 Å². The summed E-state index contributed by atoms with van der Waals surface area (Å²) in [7, 11) is 5.58. The Hall–Kier alpha value is 1.06. The van der Waals surface area contributed by atoms with E-state index in [1.165, 1.54) is 11.0 Å². The Morgan fingerprint density at radius 1 is 1.57 bits per heavy atom. The molecule has 0 unspecified atom stereocenters. The van der Waals surface area contributed by atoms with Crippen molar-refractivity contribution in [2.45, 2.75) is 24.8 Å². The normalized spacial score (nSPS) is 9.14. The second-order valence-electron chi connectivity index (χ2n) is 2.23. The Bertz CT molecular complexity index is 37.1. The third kappa shape index (κ3) is 7.06. The van der Waals surface area contributed by atoms with Crippen LogP contribution in [0.4, 0.5) is 0 Å². The molecule has 0 rings (SSSR count). The smallest absolute Gasteiger partial charge is 0.346 e. The molecule has 0 atom stereocenters. The molecule has 0 radical (unpaired) electrons. The average molecular weight is 131 g/mol. The Labute approximate surface area is 59.1 Å². The maximum atomic E-state index is 5.58. The van der Waals surface area contributed by atoms with Gasteiger partial charge in [-0.3, -0.25) is 0 Å². The molecule has 0 aliphatic heterocycles. The van der Waals surface area contributed by atoms with Crippen LogP contribution in [0.25, 0.3) is 0 Å². The first kappa shape index (κ1) is 8.06. The first-order valence-corrected chi connectivity index (χ1v) is 5.97. The number of rotatable bonds is 3. The summed E-state index contributed by atoms with van der Waals surface area (Å²) in [6.07, 6.45) is 1.33. The van der Waals surface area contributed by atoms with E-state index in [0.29, 0.717) is 0 Å². The van der Waals surface area contributed by atoms with Crippen molar-refractivity contribution in [1.29, 1.82) is 0 Å². The molecule has 0 aromatic carbocycles. The zero-order chi connectivity index (χ0) is 5.70. The quantitative estimate of drug-likeness (QED) is 0.515. The lowest BCUT2D eigenvalue weighted by Gasteiger charge is -1.97. The third-order valence-electron chi connectivity index (χ3n) is 0.915. The molecule has 0 nitrogen and oxygen atoms in total. The van der Waals surface area contributed by atoms with Crippen molar-refractivity contribution in [1.82, 2.24) is 0 Å². The van der Waals surface area contributed by atoms with Gasteiger partial charge in [0.15, 0.2) is 0 Å². The minimum Gasteiger partial charge on any atom is -0.346 e. The largest absolute Gasteiger partial charge is 0.501 e. The van der Waals surface area contributed by atoms with E-state index in [2.05, 4.69) is 13.8 Å². The molecule has 0 saturated heterocycles. The van der Waals surface area contributed by atoms with Gasteiger partial charge in [-0.1, -0.05) is 20.3 Å². The molecule has 0 bridgehead atoms. The van der Waals surface area contributed by atoms with E-state index in [-0.39, 0.29) is 19.3 Å². The minimum absolute atomic E-state index is 0.157. The van der Waals surface area contributed by atoms with Gasteiger partial charge in [-0.15, -0.1) is 4.55 Å². The fourth-order valence-corrected chi connectivity index (χ4v) is 1.92. The summed E-state index contributed by atoms with van der Waals surface area (Å²) in [4.78, 5) is 0. The van der Waals surface area contributed by atoms with Crippen molar-refractivity contribution < 1.29 is 0 Å². The van der Waals surface area contributed by atoms with Gasteiger partial charge in [-0.2, -0.15) is 0 Å². The average Bonchev–Trinajstić information content (AvgIpc) is 1.61. The molecule has 40 valence electrons. The summed E-state index contributed by atoms with van der Waals surface area (Å²) in [6, 6.07) is 0. The summed E-state index contributed by atoms with van der Waals surface area (Å²) in [5.74, 6) is 0.853. The van der Waals surface area contributed by atoms with Gasteiger partial charge in [0.25, 0.3) is 0 Å². The van der Waals surface area contributed by atoms with E-state index in [0.717, 1.165) is 5.92 Å². The molecule has 0 spiro atoms. The van der Waals surface area contributed by atoms with Crippen LogP contribution in [0, 0.1) is 5.92 Å². The molecule has 2 heteroatoms. The molecule has 0 N–H and O–H groups in total. The topological polar surface area (TPSA) is 0 Å². The zero-order valence-corrected chi connectivity index (χ0v) is 7.25. The second kappa shape index (κ2) is 5.20. The van der Waals surface area contributed by atoms with E-state index >= 15 is 0 Å². The molecule has 0 aromatic rings. The number of hydrogen-bond donors (Lipinski definition) is 0. The van der Waals surface area contributed by atoms with Gasteiger partial charge in [0.2, 0.25) is 0 Å². The zero-order valence-electron chi connectivity index (χ0n) is 5.08. The Kier molecular flexibility index (Phi) is 5.98. The lowest BCUT2D eigenvalue weighted by Crippen LogP contribution is -1.86. The third-order valence-corrected chi connectivity index (χ3v) is 2.39. The van der Waals surface area contributed by atoms with Crippen LogP contribution < -0.4 is 0 Å². The molecule has 0 heterocycles. The van der Waals surface area contributed by atoms with Crippen molar-refractivity contribution in [3.05, 3.63) is 0 Å². The highest BCUT2D eigenvalue weighted by atomic mass is 35.5. The lowest BCUT2D eigenvalue weighted by atomic mass is 10.2. The van der Waals surface area contributed by atoms with E-state index < -0.39 is 0 Å². The number of hydrogen-bond acceptors (Lipinski definition) is 0. The summed E-state index contributed by atoms with van der Waals surface area (Å²) in [6.45, 7) is 4.47. The Balaban J connectivity index is 2.68. The highest BCUT2D eigenvalue weighted by Crippen LogP contribution is 2.03. The second-order valence-corrected chi connectivity index (χ2v) is 4.44. The van der Waals surface area contributed by atoms with Crippen LogP contribution in [0.2, 0.25) is 4.55 Å². The highest BCUT2D eigenvalue weighted by molar-refractivity contribution is 6.93. The van der Waals surface area contributed by atoms with Crippen LogP contribution in [0.5, 0.6) is 0 Å². The van der Waals surface area contributed by atoms with Crippen molar-refractivity contribution in [3.63, 3.8) is 0 Å². The van der Waals surface area contributed by atoms with Gasteiger partial charge in [0, 0.05) is 0 Å². The fraction of sp³-hybridized carbons (Fsp3) is 1.00. The van der Waals surface area contributed by atoms with Crippen LogP contribution in [-0.4, -0.2) is 19.3 Å². The summed E-state index contributed by atoms with van der Waals surface area (Å²) in [5, 5.41) is 0. The van der Waals surface area contributed by atoms with Crippen molar-refractivity contribution >= 4 is 28.3 Å². The highest BCUT2D eigenvalue weighted by Gasteiger charge is 1.93. The van der Waals surface area contributed by atoms with Crippen LogP contribution in [-0.2, 0) is 0 Å². The van der Waals surface area contributed by atoms with Crippen LogP contribution >= 0.6 is 9.07 Å². The van der Waals surface area contributed by atoms with Gasteiger partial charge in [-0.25, -0.2) is 0 Å². The van der Waals surface area contributed by atoms with Gasteiger partial charge >= 0.3 is 19.3 Å². The maximum Gasteiger partial charge on any atom is 0.501 e. The molecular formula is C5H11ClMg.